The van der Waals surface area contributed by atoms with Gasteiger partial charge in [0.05, 0.1) is 9.99 Å². The molecular formula is C8H4BrF2N. The molecule has 4 heteroatoms. The lowest BCUT2D eigenvalue weighted by Crippen LogP contribution is -1.84. The number of aromatic amines is 1. The Labute approximate surface area is 75.5 Å². The molecule has 0 radical (unpaired) electrons. The molecule has 0 unspecified atom stereocenters. The van der Waals surface area contributed by atoms with E-state index in [0.29, 0.717) is 0 Å². The van der Waals surface area contributed by atoms with E-state index in [2.05, 4.69) is 20.9 Å². The van der Waals surface area contributed by atoms with E-state index in [0.717, 1.165) is 6.07 Å². The zero-order valence-electron chi connectivity index (χ0n) is 5.87. The molecule has 1 aromatic heterocycles. The van der Waals surface area contributed by atoms with Crippen molar-refractivity contribution in [2.45, 2.75) is 0 Å². The van der Waals surface area contributed by atoms with Crippen LogP contribution in [0.4, 0.5) is 8.78 Å². The quantitative estimate of drug-likeness (QED) is 0.671. The van der Waals surface area contributed by atoms with Gasteiger partial charge in [-0.25, -0.2) is 8.78 Å². The molecular weight excluding hydrogens is 228 g/mol. The van der Waals surface area contributed by atoms with Gasteiger partial charge in [-0.05, 0) is 28.1 Å². The Balaban J connectivity index is 2.97. The predicted octanol–water partition coefficient (Wildman–Crippen LogP) is 3.21. The summed E-state index contributed by atoms with van der Waals surface area (Å²) in [5.41, 5.74) is 0.196. The Hall–Kier alpha value is -0.900. The summed E-state index contributed by atoms with van der Waals surface area (Å²) in [6.45, 7) is 0. The molecule has 0 atom stereocenters. The van der Waals surface area contributed by atoms with Gasteiger partial charge in [-0.3, -0.25) is 0 Å². The second-order valence-corrected chi connectivity index (χ2v) is 3.27. The molecule has 2 aromatic rings. The molecule has 0 aliphatic carbocycles. The van der Waals surface area contributed by atoms with Gasteiger partial charge in [-0.15, -0.1) is 0 Å². The first kappa shape index (κ1) is 7.73. The fourth-order valence-electron chi connectivity index (χ4n) is 1.12. The third kappa shape index (κ3) is 0.948. The van der Waals surface area contributed by atoms with Crippen LogP contribution in [0.1, 0.15) is 0 Å². The van der Waals surface area contributed by atoms with Gasteiger partial charge in [-0.2, -0.15) is 0 Å². The molecule has 2 rings (SSSR count). The Bertz CT molecular complexity index is 436. The van der Waals surface area contributed by atoms with E-state index in [-0.39, 0.29) is 15.4 Å². The van der Waals surface area contributed by atoms with E-state index in [1.54, 1.807) is 0 Å². The Morgan fingerprint density at radius 3 is 2.83 bits per heavy atom. The molecule has 0 amide bonds. The molecule has 0 aliphatic rings. The summed E-state index contributed by atoms with van der Waals surface area (Å²) in [5, 5.41) is 0.274. The molecule has 0 aliphatic heterocycles. The number of aromatic nitrogens is 1. The second-order valence-electron chi connectivity index (χ2n) is 2.42. The fraction of sp³-hybridized carbons (Fsp3) is 0. The van der Waals surface area contributed by atoms with Gasteiger partial charge in [0.1, 0.15) is 5.82 Å². The lowest BCUT2D eigenvalue weighted by Gasteiger charge is -1.97. The average Bonchev–Trinajstić information content (AvgIpc) is 2.48. The first-order chi connectivity index (χ1) is 5.70. The molecule has 1 N–H and O–H groups in total. The van der Waals surface area contributed by atoms with Crippen LogP contribution in [0.3, 0.4) is 0 Å². The fourth-order valence-corrected chi connectivity index (χ4v) is 1.52. The third-order valence-corrected chi connectivity index (χ3v) is 2.26. The highest BCUT2D eigenvalue weighted by Gasteiger charge is 2.10. The zero-order valence-corrected chi connectivity index (χ0v) is 7.45. The summed E-state index contributed by atoms with van der Waals surface area (Å²) in [5.74, 6) is -0.893. The van der Waals surface area contributed by atoms with Crippen LogP contribution in [0.2, 0.25) is 0 Å². The summed E-state index contributed by atoms with van der Waals surface area (Å²) in [7, 11) is 0. The van der Waals surface area contributed by atoms with Gasteiger partial charge < -0.3 is 4.98 Å². The Kier molecular flexibility index (Phi) is 1.65. The first-order valence-electron chi connectivity index (χ1n) is 3.30. The molecule has 1 nitrogen and oxygen atoms in total. The predicted molar refractivity (Wildman–Crippen MR) is 45.9 cm³/mol. The van der Waals surface area contributed by atoms with Gasteiger partial charge in [0, 0.05) is 11.6 Å². The molecule has 1 aromatic carbocycles. The standard InChI is InChI=1S/C8H4BrF2N/c9-5-3-6(10)4-1-2-12-8(4)7(5)11/h1-3,12H. The number of benzene rings is 1. The van der Waals surface area contributed by atoms with Gasteiger partial charge in [-0.1, -0.05) is 0 Å². The van der Waals surface area contributed by atoms with Crippen molar-refractivity contribution in [3.8, 4) is 0 Å². The minimum Gasteiger partial charge on any atom is -0.359 e. The molecule has 1 heterocycles. The molecule has 0 fully saturated rings. The average molecular weight is 232 g/mol. The van der Waals surface area contributed by atoms with Crippen molar-refractivity contribution in [2.24, 2.45) is 0 Å². The van der Waals surface area contributed by atoms with Crippen molar-refractivity contribution in [1.29, 1.82) is 0 Å². The van der Waals surface area contributed by atoms with Crippen LogP contribution in [-0.2, 0) is 0 Å². The van der Waals surface area contributed by atoms with E-state index in [1.807, 2.05) is 0 Å². The van der Waals surface area contributed by atoms with Crippen LogP contribution in [-0.4, -0.2) is 4.98 Å². The van der Waals surface area contributed by atoms with Crippen molar-refractivity contribution in [3.05, 3.63) is 34.4 Å². The summed E-state index contributed by atoms with van der Waals surface area (Å²) in [6, 6.07) is 2.62. The minimum absolute atomic E-state index is 0.134. The second kappa shape index (κ2) is 2.55. The number of H-pyrrole nitrogens is 1. The van der Waals surface area contributed by atoms with Crippen LogP contribution in [0.15, 0.2) is 22.8 Å². The van der Waals surface area contributed by atoms with Crippen LogP contribution in [0.25, 0.3) is 10.9 Å². The summed E-state index contributed by atoms with van der Waals surface area (Å²) >= 11 is 2.92. The maximum atomic E-state index is 13.2. The number of hydrogen-bond donors (Lipinski definition) is 1. The summed E-state index contributed by atoms with van der Waals surface area (Å²) < 4.78 is 26.3. The lowest BCUT2D eigenvalue weighted by molar-refractivity contribution is 0.611. The summed E-state index contributed by atoms with van der Waals surface area (Å²) in [6.07, 6.45) is 1.50. The number of rotatable bonds is 0. The minimum atomic E-state index is -0.462. The highest BCUT2D eigenvalue weighted by molar-refractivity contribution is 9.10. The van der Waals surface area contributed by atoms with E-state index in [1.165, 1.54) is 12.3 Å². The van der Waals surface area contributed by atoms with Crippen LogP contribution in [0, 0.1) is 11.6 Å². The van der Waals surface area contributed by atoms with Gasteiger partial charge in [0.15, 0.2) is 5.82 Å². The maximum Gasteiger partial charge on any atom is 0.161 e. The highest BCUT2D eigenvalue weighted by atomic mass is 79.9. The van der Waals surface area contributed by atoms with Gasteiger partial charge in [0.2, 0.25) is 0 Å². The molecule has 0 saturated heterocycles. The van der Waals surface area contributed by atoms with Crippen molar-refractivity contribution in [2.75, 3.05) is 0 Å². The SMILES string of the molecule is Fc1cc(Br)c(F)c2[nH]ccc12. The van der Waals surface area contributed by atoms with Crippen molar-refractivity contribution in [1.82, 2.24) is 4.98 Å². The topological polar surface area (TPSA) is 15.8 Å². The van der Waals surface area contributed by atoms with Crippen molar-refractivity contribution >= 4 is 26.8 Å². The molecule has 0 spiro atoms. The lowest BCUT2D eigenvalue weighted by atomic mass is 10.2. The Morgan fingerprint density at radius 1 is 1.33 bits per heavy atom. The van der Waals surface area contributed by atoms with Crippen molar-refractivity contribution < 1.29 is 8.78 Å². The van der Waals surface area contributed by atoms with E-state index < -0.39 is 11.6 Å². The first-order valence-corrected chi connectivity index (χ1v) is 4.10. The molecule has 12 heavy (non-hydrogen) atoms. The largest absolute Gasteiger partial charge is 0.359 e. The van der Waals surface area contributed by atoms with Crippen molar-refractivity contribution in [3.63, 3.8) is 0 Å². The van der Waals surface area contributed by atoms with E-state index in [9.17, 15) is 8.78 Å². The smallest absolute Gasteiger partial charge is 0.161 e. The van der Waals surface area contributed by atoms with Gasteiger partial charge in [0.25, 0.3) is 0 Å². The Morgan fingerprint density at radius 2 is 2.08 bits per heavy atom. The monoisotopic (exact) mass is 231 g/mol. The van der Waals surface area contributed by atoms with Gasteiger partial charge >= 0.3 is 0 Å². The highest BCUT2D eigenvalue weighted by Crippen LogP contribution is 2.26. The molecule has 0 bridgehead atoms. The number of nitrogens with one attached hydrogen (secondary N) is 1. The summed E-state index contributed by atoms with van der Waals surface area (Å²) in [4.78, 5) is 2.62. The number of halogens is 3. The normalized spacial score (nSPS) is 10.9. The molecule has 0 saturated carbocycles. The van der Waals surface area contributed by atoms with E-state index in [4.69, 9.17) is 0 Å². The molecule has 62 valence electrons. The number of fused-ring (bicyclic) bond motifs is 1. The number of hydrogen-bond acceptors (Lipinski definition) is 0. The van der Waals surface area contributed by atoms with Crippen LogP contribution in [0.5, 0.6) is 0 Å². The maximum absolute atomic E-state index is 13.2. The van der Waals surface area contributed by atoms with E-state index >= 15 is 0 Å². The van der Waals surface area contributed by atoms with Crippen LogP contribution < -0.4 is 0 Å². The zero-order chi connectivity index (χ0) is 8.72. The third-order valence-electron chi connectivity index (χ3n) is 1.69. The van der Waals surface area contributed by atoms with Crippen LogP contribution >= 0.6 is 15.9 Å².